The third-order valence-electron chi connectivity index (χ3n) is 3.00. The van der Waals surface area contributed by atoms with Gasteiger partial charge in [-0.2, -0.15) is 0 Å². The van der Waals surface area contributed by atoms with Crippen molar-refractivity contribution in [2.24, 2.45) is 5.92 Å². The SMILES string of the molecule is CCn1cncc1CC1C=CC(OC)=CC1. The summed E-state index contributed by atoms with van der Waals surface area (Å²) in [7, 11) is 1.71. The van der Waals surface area contributed by atoms with Crippen LogP contribution in [-0.2, 0) is 17.7 Å². The highest BCUT2D eigenvalue weighted by molar-refractivity contribution is 5.19. The van der Waals surface area contributed by atoms with Gasteiger partial charge in [0.1, 0.15) is 5.76 Å². The molecule has 0 bridgehead atoms. The van der Waals surface area contributed by atoms with E-state index in [1.54, 1.807) is 7.11 Å². The van der Waals surface area contributed by atoms with Crippen molar-refractivity contribution < 1.29 is 4.74 Å². The molecule has 1 aliphatic carbocycles. The number of methoxy groups -OCH3 is 1. The van der Waals surface area contributed by atoms with E-state index in [0.29, 0.717) is 5.92 Å². The highest BCUT2D eigenvalue weighted by Crippen LogP contribution is 2.20. The van der Waals surface area contributed by atoms with Crippen molar-refractivity contribution in [1.29, 1.82) is 0 Å². The Bertz CT molecular complexity index is 404. The van der Waals surface area contributed by atoms with E-state index in [9.17, 15) is 0 Å². The van der Waals surface area contributed by atoms with Crippen molar-refractivity contribution in [1.82, 2.24) is 9.55 Å². The minimum absolute atomic E-state index is 0.570. The zero-order valence-electron chi connectivity index (χ0n) is 9.89. The number of imidazole rings is 1. The fourth-order valence-electron chi connectivity index (χ4n) is 2.02. The number of aryl methyl sites for hydroxylation is 1. The van der Waals surface area contributed by atoms with Gasteiger partial charge >= 0.3 is 0 Å². The number of hydrogen-bond donors (Lipinski definition) is 0. The lowest BCUT2D eigenvalue weighted by atomic mass is 9.95. The molecule has 1 aliphatic rings. The van der Waals surface area contributed by atoms with Gasteiger partial charge in [0, 0.05) is 18.4 Å². The van der Waals surface area contributed by atoms with Crippen LogP contribution in [0.3, 0.4) is 0 Å². The van der Waals surface area contributed by atoms with Gasteiger partial charge in [0.05, 0.1) is 13.4 Å². The molecule has 0 aromatic carbocycles. The molecular formula is C13H18N2O. The van der Waals surface area contributed by atoms with Gasteiger partial charge in [-0.15, -0.1) is 0 Å². The van der Waals surface area contributed by atoms with Crippen LogP contribution in [0.5, 0.6) is 0 Å². The largest absolute Gasteiger partial charge is 0.497 e. The molecule has 0 saturated carbocycles. The average Bonchev–Trinajstić information content (AvgIpc) is 2.77. The molecule has 2 rings (SSSR count). The molecule has 16 heavy (non-hydrogen) atoms. The van der Waals surface area contributed by atoms with Gasteiger partial charge in [0.15, 0.2) is 0 Å². The van der Waals surface area contributed by atoms with Crippen LogP contribution < -0.4 is 0 Å². The van der Waals surface area contributed by atoms with E-state index in [2.05, 4.69) is 34.7 Å². The summed E-state index contributed by atoms with van der Waals surface area (Å²) >= 11 is 0. The van der Waals surface area contributed by atoms with Crippen molar-refractivity contribution in [3.63, 3.8) is 0 Å². The Balaban J connectivity index is 1.98. The molecule has 86 valence electrons. The highest BCUT2D eigenvalue weighted by atomic mass is 16.5. The molecule has 0 aliphatic heterocycles. The Morgan fingerprint density at radius 1 is 1.56 bits per heavy atom. The first-order valence-electron chi connectivity index (χ1n) is 5.74. The highest BCUT2D eigenvalue weighted by Gasteiger charge is 2.12. The lowest BCUT2D eigenvalue weighted by Crippen LogP contribution is -2.08. The summed E-state index contributed by atoms with van der Waals surface area (Å²) in [6.07, 6.45) is 12.4. The number of rotatable bonds is 4. The Morgan fingerprint density at radius 2 is 2.44 bits per heavy atom. The predicted octanol–water partition coefficient (Wildman–Crippen LogP) is 2.55. The molecule has 0 spiro atoms. The number of nitrogens with zero attached hydrogens (tertiary/aromatic N) is 2. The van der Waals surface area contributed by atoms with Gasteiger partial charge in [0.2, 0.25) is 0 Å². The number of aromatic nitrogens is 2. The second-order valence-corrected chi connectivity index (χ2v) is 4.04. The van der Waals surface area contributed by atoms with Crippen LogP contribution in [0, 0.1) is 5.92 Å². The molecule has 0 fully saturated rings. The second kappa shape index (κ2) is 5.01. The third-order valence-corrected chi connectivity index (χ3v) is 3.00. The zero-order chi connectivity index (χ0) is 11.4. The first-order chi connectivity index (χ1) is 7.83. The quantitative estimate of drug-likeness (QED) is 0.776. The van der Waals surface area contributed by atoms with E-state index in [1.807, 2.05) is 12.5 Å². The molecule has 0 amide bonds. The summed E-state index contributed by atoms with van der Waals surface area (Å²) in [6, 6.07) is 0. The summed E-state index contributed by atoms with van der Waals surface area (Å²) in [5.74, 6) is 1.54. The first-order valence-corrected chi connectivity index (χ1v) is 5.74. The number of allylic oxidation sites excluding steroid dienone is 3. The van der Waals surface area contributed by atoms with Crippen LogP contribution in [0.4, 0.5) is 0 Å². The topological polar surface area (TPSA) is 27.1 Å². The van der Waals surface area contributed by atoms with Crippen molar-refractivity contribution in [3.05, 3.63) is 42.2 Å². The van der Waals surface area contributed by atoms with Crippen LogP contribution >= 0.6 is 0 Å². The van der Waals surface area contributed by atoms with Gasteiger partial charge in [-0.05, 0) is 37.8 Å². The molecule has 0 radical (unpaired) electrons. The normalized spacial score (nSPS) is 19.6. The molecule has 3 nitrogen and oxygen atoms in total. The summed E-state index contributed by atoms with van der Waals surface area (Å²) < 4.78 is 7.37. The fourth-order valence-corrected chi connectivity index (χ4v) is 2.02. The Labute approximate surface area is 96.4 Å². The maximum absolute atomic E-state index is 5.18. The molecule has 1 aromatic heterocycles. The lowest BCUT2D eigenvalue weighted by molar-refractivity contribution is 0.301. The van der Waals surface area contributed by atoms with E-state index in [1.165, 1.54) is 5.69 Å². The first kappa shape index (κ1) is 11.0. The number of ether oxygens (including phenoxy) is 1. The molecule has 0 saturated heterocycles. The van der Waals surface area contributed by atoms with Gasteiger partial charge in [-0.1, -0.05) is 6.08 Å². The lowest BCUT2D eigenvalue weighted by Gasteiger charge is -2.16. The summed E-state index contributed by atoms with van der Waals surface area (Å²) in [5, 5.41) is 0. The van der Waals surface area contributed by atoms with Crippen LogP contribution in [0.2, 0.25) is 0 Å². The van der Waals surface area contributed by atoms with Crippen molar-refractivity contribution in [3.8, 4) is 0 Å². The van der Waals surface area contributed by atoms with Crippen molar-refractivity contribution in [2.75, 3.05) is 7.11 Å². The minimum atomic E-state index is 0.570. The van der Waals surface area contributed by atoms with Crippen LogP contribution in [0.15, 0.2) is 36.5 Å². The maximum Gasteiger partial charge on any atom is 0.114 e. The molecule has 1 atom stereocenters. The molecular weight excluding hydrogens is 200 g/mol. The van der Waals surface area contributed by atoms with Gasteiger partial charge in [-0.25, -0.2) is 4.98 Å². The monoisotopic (exact) mass is 218 g/mol. The molecule has 0 N–H and O–H groups in total. The second-order valence-electron chi connectivity index (χ2n) is 4.04. The Kier molecular flexibility index (Phi) is 3.44. The molecule has 1 heterocycles. The molecule has 1 unspecified atom stereocenters. The van der Waals surface area contributed by atoms with Gasteiger partial charge in [0.25, 0.3) is 0 Å². The summed E-state index contributed by atoms with van der Waals surface area (Å²) in [5.41, 5.74) is 1.31. The minimum Gasteiger partial charge on any atom is -0.497 e. The fraction of sp³-hybridized carbons (Fsp3) is 0.462. The van der Waals surface area contributed by atoms with E-state index in [0.717, 1.165) is 25.1 Å². The maximum atomic E-state index is 5.18. The Morgan fingerprint density at radius 3 is 3.06 bits per heavy atom. The average molecular weight is 218 g/mol. The van der Waals surface area contributed by atoms with Crippen LogP contribution in [0.1, 0.15) is 19.0 Å². The molecule has 1 aromatic rings. The standard InChI is InChI=1S/C13H18N2O/c1-3-15-10-14-9-12(15)8-11-4-6-13(16-2)7-5-11/h4,6-7,9-11H,3,5,8H2,1-2H3. The Hall–Kier alpha value is -1.51. The van der Waals surface area contributed by atoms with E-state index in [4.69, 9.17) is 4.74 Å². The number of hydrogen-bond acceptors (Lipinski definition) is 2. The van der Waals surface area contributed by atoms with Crippen molar-refractivity contribution in [2.45, 2.75) is 26.3 Å². The summed E-state index contributed by atoms with van der Waals surface area (Å²) in [4.78, 5) is 4.19. The zero-order valence-corrected chi connectivity index (χ0v) is 9.89. The predicted molar refractivity (Wildman–Crippen MR) is 63.9 cm³/mol. The summed E-state index contributed by atoms with van der Waals surface area (Å²) in [6.45, 7) is 3.13. The van der Waals surface area contributed by atoms with Gasteiger partial charge < -0.3 is 9.30 Å². The van der Waals surface area contributed by atoms with E-state index in [-0.39, 0.29) is 0 Å². The van der Waals surface area contributed by atoms with E-state index >= 15 is 0 Å². The van der Waals surface area contributed by atoms with Gasteiger partial charge in [-0.3, -0.25) is 0 Å². The van der Waals surface area contributed by atoms with E-state index < -0.39 is 0 Å². The van der Waals surface area contributed by atoms with Crippen LogP contribution in [-0.4, -0.2) is 16.7 Å². The molecule has 3 heteroatoms. The smallest absolute Gasteiger partial charge is 0.114 e. The van der Waals surface area contributed by atoms with Crippen LogP contribution in [0.25, 0.3) is 0 Å². The third kappa shape index (κ3) is 2.35. The van der Waals surface area contributed by atoms with Crippen molar-refractivity contribution >= 4 is 0 Å².